The first kappa shape index (κ1) is 20.1. The van der Waals surface area contributed by atoms with Crippen molar-refractivity contribution in [2.24, 2.45) is 0 Å². The number of amides is 1. The van der Waals surface area contributed by atoms with Crippen LogP contribution in [0.5, 0.6) is 0 Å². The highest BCUT2D eigenvalue weighted by Crippen LogP contribution is 2.34. The van der Waals surface area contributed by atoms with E-state index in [4.69, 9.17) is 14.7 Å². The van der Waals surface area contributed by atoms with Gasteiger partial charge in [-0.1, -0.05) is 48.6 Å². The lowest BCUT2D eigenvalue weighted by molar-refractivity contribution is -0.121. The quantitative estimate of drug-likeness (QED) is 0.432. The molecule has 0 unspecified atom stereocenters. The van der Waals surface area contributed by atoms with Gasteiger partial charge in [-0.3, -0.25) is 4.79 Å². The van der Waals surface area contributed by atoms with Crippen LogP contribution in [0.3, 0.4) is 0 Å². The van der Waals surface area contributed by atoms with Crippen LogP contribution in [-0.2, 0) is 17.6 Å². The number of rotatable bonds is 7. The Morgan fingerprint density at radius 3 is 2.69 bits per heavy atom. The van der Waals surface area contributed by atoms with Crippen molar-refractivity contribution in [3.05, 3.63) is 76.4 Å². The Morgan fingerprint density at radius 1 is 1.12 bits per heavy atom. The number of hydrogen-bond donors (Lipinski definition) is 1. The highest BCUT2D eigenvalue weighted by atomic mass is 32.1. The number of nitriles is 1. The monoisotopic (exact) mass is 441 g/mol. The van der Waals surface area contributed by atoms with E-state index in [2.05, 4.69) is 64.1 Å². The molecule has 1 fully saturated rings. The maximum absolute atomic E-state index is 12.1. The van der Waals surface area contributed by atoms with Crippen molar-refractivity contribution in [3.8, 4) is 6.07 Å². The van der Waals surface area contributed by atoms with Gasteiger partial charge in [-0.25, -0.2) is 4.98 Å². The van der Waals surface area contributed by atoms with E-state index in [1.807, 2.05) is 18.2 Å². The number of thiazole rings is 1. The van der Waals surface area contributed by atoms with E-state index in [1.165, 1.54) is 0 Å². The molecule has 0 spiro atoms. The summed E-state index contributed by atoms with van der Waals surface area (Å²) in [5, 5.41) is 20.7. The SMILES string of the molecule is N#CC1(NC(=O)Cc2nnc(Cc3nc4cc(C=Cc5ccccc5)ccc4s3)o2)CC1. The van der Waals surface area contributed by atoms with Crippen molar-refractivity contribution in [3.63, 3.8) is 0 Å². The number of aromatic nitrogens is 3. The van der Waals surface area contributed by atoms with Gasteiger partial charge >= 0.3 is 0 Å². The fourth-order valence-corrected chi connectivity index (χ4v) is 4.27. The Balaban J connectivity index is 1.24. The fourth-order valence-electron chi connectivity index (χ4n) is 3.33. The van der Waals surface area contributed by atoms with Gasteiger partial charge < -0.3 is 9.73 Å². The third-order valence-corrected chi connectivity index (χ3v) is 6.23. The summed E-state index contributed by atoms with van der Waals surface area (Å²) >= 11 is 1.58. The predicted molar refractivity (Wildman–Crippen MR) is 122 cm³/mol. The summed E-state index contributed by atoms with van der Waals surface area (Å²) in [6.45, 7) is 0. The average molecular weight is 442 g/mol. The van der Waals surface area contributed by atoms with Gasteiger partial charge in [0.25, 0.3) is 0 Å². The first-order chi connectivity index (χ1) is 15.6. The van der Waals surface area contributed by atoms with E-state index in [0.717, 1.165) is 26.4 Å². The molecule has 1 saturated carbocycles. The van der Waals surface area contributed by atoms with Crippen LogP contribution in [0.15, 0.2) is 52.9 Å². The van der Waals surface area contributed by atoms with Crippen molar-refractivity contribution in [1.29, 1.82) is 5.26 Å². The van der Waals surface area contributed by atoms with E-state index in [1.54, 1.807) is 11.3 Å². The number of carbonyl (C=O) groups excluding carboxylic acids is 1. The summed E-state index contributed by atoms with van der Waals surface area (Å²) in [6, 6.07) is 18.5. The number of benzene rings is 2. The molecular formula is C24H19N5O2S. The molecular weight excluding hydrogens is 422 g/mol. The summed E-state index contributed by atoms with van der Waals surface area (Å²) in [5.41, 5.74) is 2.45. The van der Waals surface area contributed by atoms with Crippen molar-refractivity contribution >= 4 is 39.6 Å². The van der Waals surface area contributed by atoms with Gasteiger partial charge in [-0.2, -0.15) is 5.26 Å². The lowest BCUT2D eigenvalue weighted by Crippen LogP contribution is -2.36. The van der Waals surface area contributed by atoms with E-state index < -0.39 is 5.54 Å². The zero-order valence-electron chi connectivity index (χ0n) is 17.1. The number of nitrogens with one attached hydrogen (secondary N) is 1. The molecule has 8 heteroatoms. The molecule has 2 aromatic carbocycles. The first-order valence-corrected chi connectivity index (χ1v) is 11.1. The van der Waals surface area contributed by atoms with Gasteiger partial charge in [-0.15, -0.1) is 21.5 Å². The number of hydrogen-bond acceptors (Lipinski definition) is 7. The molecule has 2 heterocycles. The second-order valence-corrected chi connectivity index (χ2v) is 8.88. The molecule has 0 radical (unpaired) electrons. The smallest absolute Gasteiger partial charge is 0.230 e. The van der Waals surface area contributed by atoms with Gasteiger partial charge in [0.1, 0.15) is 17.0 Å². The summed E-state index contributed by atoms with van der Waals surface area (Å²) < 4.78 is 6.71. The minimum Gasteiger partial charge on any atom is -0.424 e. The van der Waals surface area contributed by atoms with Crippen LogP contribution in [0.25, 0.3) is 22.4 Å². The molecule has 5 rings (SSSR count). The Kier molecular flexibility index (Phi) is 5.25. The Bertz CT molecular complexity index is 1350. The van der Waals surface area contributed by atoms with Crippen LogP contribution in [0, 0.1) is 11.3 Å². The fraction of sp³-hybridized carbons (Fsp3) is 0.208. The maximum Gasteiger partial charge on any atom is 0.230 e. The molecule has 1 amide bonds. The lowest BCUT2D eigenvalue weighted by Gasteiger charge is -2.06. The van der Waals surface area contributed by atoms with Gasteiger partial charge in [0.15, 0.2) is 0 Å². The molecule has 1 N–H and O–H groups in total. The normalized spacial score (nSPS) is 14.5. The average Bonchev–Trinajstić information content (AvgIpc) is 3.24. The largest absolute Gasteiger partial charge is 0.424 e. The summed E-state index contributed by atoms with van der Waals surface area (Å²) in [4.78, 5) is 16.8. The number of nitrogens with zero attached hydrogens (tertiary/aromatic N) is 4. The molecule has 32 heavy (non-hydrogen) atoms. The van der Waals surface area contributed by atoms with Gasteiger partial charge in [0.2, 0.25) is 17.7 Å². The van der Waals surface area contributed by atoms with Gasteiger partial charge in [-0.05, 0) is 36.1 Å². The first-order valence-electron chi connectivity index (χ1n) is 10.3. The van der Waals surface area contributed by atoms with Crippen LogP contribution in [0.4, 0.5) is 0 Å². The highest BCUT2D eigenvalue weighted by Gasteiger charge is 2.44. The number of carbonyl (C=O) groups is 1. The molecule has 7 nitrogen and oxygen atoms in total. The standard InChI is InChI=1S/C24H19N5O2S/c25-15-24(10-11-24)27-20(30)13-21-28-29-22(31-21)14-23-26-18-12-17(8-9-19(18)32-23)7-6-16-4-2-1-3-5-16/h1-9,12H,10-11,13-14H2,(H,27,30). The van der Waals surface area contributed by atoms with Crippen LogP contribution < -0.4 is 5.32 Å². The molecule has 4 aromatic rings. The van der Waals surface area contributed by atoms with Crippen molar-refractivity contribution in [1.82, 2.24) is 20.5 Å². The predicted octanol–water partition coefficient (Wildman–Crippen LogP) is 4.16. The lowest BCUT2D eigenvalue weighted by atomic mass is 10.1. The molecule has 0 atom stereocenters. The number of fused-ring (bicyclic) bond motifs is 1. The van der Waals surface area contributed by atoms with Crippen molar-refractivity contribution in [2.45, 2.75) is 31.2 Å². The van der Waals surface area contributed by atoms with Crippen LogP contribution in [0.1, 0.15) is 40.8 Å². The molecule has 2 aromatic heterocycles. The maximum atomic E-state index is 12.1. The molecule has 0 aliphatic heterocycles. The van der Waals surface area contributed by atoms with E-state index in [0.29, 0.717) is 25.2 Å². The summed E-state index contributed by atoms with van der Waals surface area (Å²) in [7, 11) is 0. The topological polar surface area (TPSA) is 105 Å². The molecule has 0 saturated heterocycles. The second-order valence-electron chi connectivity index (χ2n) is 7.76. The zero-order chi connectivity index (χ0) is 22.0. The minimum absolute atomic E-state index is 0.0343. The minimum atomic E-state index is -0.698. The summed E-state index contributed by atoms with van der Waals surface area (Å²) in [5.74, 6) is 0.369. The molecule has 1 aliphatic rings. The van der Waals surface area contributed by atoms with E-state index >= 15 is 0 Å². The van der Waals surface area contributed by atoms with Crippen molar-refractivity contribution in [2.75, 3.05) is 0 Å². The molecule has 0 bridgehead atoms. The molecule has 1 aliphatic carbocycles. The van der Waals surface area contributed by atoms with Gasteiger partial charge in [0, 0.05) is 0 Å². The Labute approximate surface area is 188 Å². The third-order valence-electron chi connectivity index (χ3n) is 5.19. The van der Waals surface area contributed by atoms with E-state index in [9.17, 15) is 4.79 Å². The van der Waals surface area contributed by atoms with Crippen molar-refractivity contribution < 1.29 is 9.21 Å². The highest BCUT2D eigenvalue weighted by molar-refractivity contribution is 7.18. The Morgan fingerprint density at radius 2 is 1.91 bits per heavy atom. The molecule has 158 valence electrons. The summed E-state index contributed by atoms with van der Waals surface area (Å²) in [6.07, 6.45) is 5.89. The Hall–Kier alpha value is -3.83. The van der Waals surface area contributed by atoms with E-state index in [-0.39, 0.29) is 18.2 Å². The van der Waals surface area contributed by atoms with Gasteiger partial charge in [0.05, 0.1) is 22.7 Å². The third kappa shape index (κ3) is 4.58. The zero-order valence-corrected chi connectivity index (χ0v) is 17.9. The second kappa shape index (κ2) is 8.36. The van der Waals surface area contributed by atoms with Crippen LogP contribution in [0.2, 0.25) is 0 Å². The van der Waals surface area contributed by atoms with Crippen LogP contribution >= 0.6 is 11.3 Å². The van der Waals surface area contributed by atoms with Crippen LogP contribution in [-0.4, -0.2) is 26.6 Å².